The van der Waals surface area contributed by atoms with Gasteiger partial charge in [0.25, 0.3) is 5.91 Å². The van der Waals surface area contributed by atoms with Crippen LogP contribution < -0.4 is 10.7 Å². The van der Waals surface area contributed by atoms with E-state index in [1.807, 2.05) is 42.5 Å². The minimum absolute atomic E-state index is 0.106. The van der Waals surface area contributed by atoms with Gasteiger partial charge in [0.2, 0.25) is 0 Å². The van der Waals surface area contributed by atoms with Crippen molar-refractivity contribution in [1.82, 2.24) is 5.43 Å². The minimum Gasteiger partial charge on any atom is -0.376 e. The lowest BCUT2D eigenvalue weighted by molar-refractivity contribution is -0.119. The van der Waals surface area contributed by atoms with Gasteiger partial charge in [0, 0.05) is 11.1 Å². The van der Waals surface area contributed by atoms with Crippen molar-refractivity contribution in [1.29, 1.82) is 0 Å². The summed E-state index contributed by atoms with van der Waals surface area (Å²) in [4.78, 5) is 11.8. The van der Waals surface area contributed by atoms with Crippen LogP contribution in [0.15, 0.2) is 71.8 Å². The van der Waals surface area contributed by atoms with Gasteiger partial charge in [-0.2, -0.15) is 5.10 Å². The van der Waals surface area contributed by atoms with E-state index in [2.05, 4.69) is 15.8 Å². The largest absolute Gasteiger partial charge is 0.376 e. The molecule has 0 bridgehead atoms. The topological polar surface area (TPSA) is 53.5 Å². The van der Waals surface area contributed by atoms with Gasteiger partial charge in [-0.1, -0.05) is 48.5 Å². The lowest BCUT2D eigenvalue weighted by Crippen LogP contribution is -2.25. The zero-order chi connectivity index (χ0) is 16.8. The molecular formula is C19H16FN3O. The van der Waals surface area contributed by atoms with Crippen LogP contribution in [0.2, 0.25) is 0 Å². The Morgan fingerprint density at radius 1 is 1.00 bits per heavy atom. The van der Waals surface area contributed by atoms with E-state index in [1.165, 1.54) is 18.3 Å². The van der Waals surface area contributed by atoms with Crippen LogP contribution in [0.5, 0.6) is 0 Å². The van der Waals surface area contributed by atoms with Crippen LogP contribution in [-0.4, -0.2) is 18.7 Å². The average Bonchev–Trinajstić information content (AvgIpc) is 2.61. The van der Waals surface area contributed by atoms with Crippen LogP contribution >= 0.6 is 0 Å². The smallest absolute Gasteiger partial charge is 0.259 e. The molecule has 0 saturated heterocycles. The molecule has 0 saturated carbocycles. The van der Waals surface area contributed by atoms with Crippen molar-refractivity contribution >= 4 is 28.6 Å². The standard InChI is InChI=1S/C19H16FN3O/c20-16-10-8-14(9-11-16)12-22-23-19(24)13-21-18-7-3-5-15-4-1-2-6-17(15)18/h1-12,21H,13H2,(H,23,24). The van der Waals surface area contributed by atoms with Gasteiger partial charge in [0.15, 0.2) is 0 Å². The molecule has 3 aromatic carbocycles. The monoisotopic (exact) mass is 321 g/mol. The van der Waals surface area contributed by atoms with Crippen LogP contribution in [0.25, 0.3) is 10.8 Å². The molecule has 0 unspecified atom stereocenters. The molecule has 0 spiro atoms. The summed E-state index contributed by atoms with van der Waals surface area (Å²) in [6, 6.07) is 19.7. The molecular weight excluding hydrogens is 305 g/mol. The van der Waals surface area contributed by atoms with Gasteiger partial charge in [-0.25, -0.2) is 9.82 Å². The molecule has 0 aliphatic carbocycles. The van der Waals surface area contributed by atoms with Gasteiger partial charge in [-0.05, 0) is 29.1 Å². The molecule has 120 valence electrons. The van der Waals surface area contributed by atoms with Gasteiger partial charge in [-0.15, -0.1) is 0 Å². The molecule has 0 radical (unpaired) electrons. The maximum absolute atomic E-state index is 12.8. The highest BCUT2D eigenvalue weighted by Gasteiger charge is 2.02. The van der Waals surface area contributed by atoms with E-state index in [0.29, 0.717) is 5.56 Å². The third-order valence-electron chi connectivity index (χ3n) is 3.50. The highest BCUT2D eigenvalue weighted by Crippen LogP contribution is 2.22. The highest BCUT2D eigenvalue weighted by atomic mass is 19.1. The molecule has 0 fully saturated rings. The highest BCUT2D eigenvalue weighted by molar-refractivity contribution is 5.95. The van der Waals surface area contributed by atoms with Crippen molar-refractivity contribution in [3.05, 3.63) is 78.1 Å². The van der Waals surface area contributed by atoms with Crippen LogP contribution in [0.4, 0.5) is 10.1 Å². The van der Waals surface area contributed by atoms with Crippen LogP contribution in [0.1, 0.15) is 5.56 Å². The van der Waals surface area contributed by atoms with E-state index in [-0.39, 0.29) is 18.3 Å². The number of hydrogen-bond donors (Lipinski definition) is 2. The van der Waals surface area contributed by atoms with E-state index in [1.54, 1.807) is 12.1 Å². The Bertz CT molecular complexity index is 870. The third kappa shape index (κ3) is 3.95. The number of fused-ring (bicyclic) bond motifs is 1. The second-order valence-electron chi connectivity index (χ2n) is 5.22. The number of hydrogen-bond acceptors (Lipinski definition) is 3. The number of rotatable bonds is 5. The molecule has 0 aromatic heterocycles. The number of halogens is 1. The first-order valence-corrected chi connectivity index (χ1v) is 7.51. The average molecular weight is 321 g/mol. The minimum atomic E-state index is -0.310. The number of hydrazone groups is 1. The Labute approximate surface area is 139 Å². The summed E-state index contributed by atoms with van der Waals surface area (Å²) in [6.45, 7) is 0.106. The number of anilines is 1. The molecule has 0 aliphatic rings. The summed E-state index contributed by atoms with van der Waals surface area (Å²) in [5.74, 6) is -0.572. The summed E-state index contributed by atoms with van der Waals surface area (Å²) in [5.41, 5.74) is 4.04. The fourth-order valence-corrected chi connectivity index (χ4v) is 2.32. The molecule has 3 aromatic rings. The fourth-order valence-electron chi connectivity index (χ4n) is 2.32. The fraction of sp³-hybridized carbons (Fsp3) is 0.0526. The van der Waals surface area contributed by atoms with E-state index in [9.17, 15) is 9.18 Å². The maximum Gasteiger partial charge on any atom is 0.259 e. The molecule has 1 amide bonds. The quantitative estimate of drug-likeness (QED) is 0.558. The Balaban J connectivity index is 1.56. The number of carbonyl (C=O) groups is 1. The van der Waals surface area contributed by atoms with E-state index in [4.69, 9.17) is 0 Å². The van der Waals surface area contributed by atoms with Crippen molar-refractivity contribution in [2.24, 2.45) is 5.10 Å². The number of benzene rings is 3. The van der Waals surface area contributed by atoms with Crippen molar-refractivity contribution in [3.8, 4) is 0 Å². The number of nitrogens with one attached hydrogen (secondary N) is 2. The second kappa shape index (κ2) is 7.37. The van der Waals surface area contributed by atoms with E-state index >= 15 is 0 Å². The third-order valence-corrected chi connectivity index (χ3v) is 3.50. The first-order valence-electron chi connectivity index (χ1n) is 7.51. The van der Waals surface area contributed by atoms with E-state index < -0.39 is 0 Å². The Morgan fingerprint density at radius 2 is 1.75 bits per heavy atom. The van der Waals surface area contributed by atoms with Crippen molar-refractivity contribution in [3.63, 3.8) is 0 Å². The predicted octanol–water partition coefficient (Wildman–Crippen LogP) is 3.54. The zero-order valence-electron chi connectivity index (χ0n) is 12.9. The molecule has 2 N–H and O–H groups in total. The first kappa shape index (κ1) is 15.7. The van der Waals surface area contributed by atoms with Gasteiger partial charge in [0.05, 0.1) is 12.8 Å². The van der Waals surface area contributed by atoms with Gasteiger partial charge in [-0.3, -0.25) is 4.79 Å². The number of amides is 1. The summed E-state index contributed by atoms with van der Waals surface area (Å²) in [5, 5.41) is 9.13. The normalized spacial score (nSPS) is 10.9. The van der Waals surface area contributed by atoms with Crippen LogP contribution in [0.3, 0.4) is 0 Å². The lowest BCUT2D eigenvalue weighted by Gasteiger charge is -2.08. The Hall–Kier alpha value is -3.21. The van der Waals surface area contributed by atoms with Gasteiger partial charge < -0.3 is 5.32 Å². The number of nitrogens with zero attached hydrogens (tertiary/aromatic N) is 1. The molecule has 4 nitrogen and oxygen atoms in total. The summed E-state index contributed by atoms with van der Waals surface area (Å²) >= 11 is 0. The van der Waals surface area contributed by atoms with E-state index in [0.717, 1.165) is 16.5 Å². The van der Waals surface area contributed by atoms with Crippen molar-refractivity contribution < 1.29 is 9.18 Å². The van der Waals surface area contributed by atoms with Gasteiger partial charge in [0.1, 0.15) is 5.82 Å². The summed E-state index contributed by atoms with van der Waals surface area (Å²) < 4.78 is 12.8. The molecule has 24 heavy (non-hydrogen) atoms. The SMILES string of the molecule is O=C(CNc1cccc2ccccc12)NN=Cc1ccc(F)cc1. The van der Waals surface area contributed by atoms with Crippen molar-refractivity contribution in [2.75, 3.05) is 11.9 Å². The zero-order valence-corrected chi connectivity index (χ0v) is 12.9. The molecule has 5 heteroatoms. The number of carbonyl (C=O) groups excluding carboxylic acids is 1. The first-order chi connectivity index (χ1) is 11.7. The van der Waals surface area contributed by atoms with Gasteiger partial charge >= 0.3 is 0 Å². The maximum atomic E-state index is 12.8. The molecule has 3 rings (SSSR count). The molecule has 0 atom stereocenters. The molecule has 0 heterocycles. The molecule has 0 aliphatic heterocycles. The van der Waals surface area contributed by atoms with Crippen LogP contribution in [0, 0.1) is 5.82 Å². The van der Waals surface area contributed by atoms with Crippen LogP contribution in [-0.2, 0) is 4.79 Å². The summed E-state index contributed by atoms with van der Waals surface area (Å²) in [7, 11) is 0. The Morgan fingerprint density at radius 3 is 2.58 bits per heavy atom. The Kier molecular flexibility index (Phi) is 4.81. The second-order valence-corrected chi connectivity index (χ2v) is 5.22. The lowest BCUT2D eigenvalue weighted by atomic mass is 10.1. The van der Waals surface area contributed by atoms with Crippen molar-refractivity contribution in [2.45, 2.75) is 0 Å². The predicted molar refractivity (Wildman–Crippen MR) is 94.6 cm³/mol. The summed E-state index contributed by atoms with van der Waals surface area (Å²) in [6.07, 6.45) is 1.47.